The van der Waals surface area contributed by atoms with Gasteiger partial charge in [0, 0.05) is 18.4 Å². The monoisotopic (exact) mass is 299 g/mol. The van der Waals surface area contributed by atoms with Crippen LogP contribution in [0.5, 0.6) is 0 Å². The molecule has 2 rings (SSSR count). The van der Waals surface area contributed by atoms with Crippen molar-refractivity contribution in [3.05, 3.63) is 52.8 Å². The van der Waals surface area contributed by atoms with Crippen LogP contribution < -0.4 is 10.6 Å². The predicted molar refractivity (Wildman–Crippen MR) is 87.0 cm³/mol. The molecule has 0 aliphatic heterocycles. The molecule has 5 heteroatoms. The van der Waals surface area contributed by atoms with Gasteiger partial charge in [-0.05, 0) is 44.0 Å². The maximum Gasteiger partial charge on any atom is 0.268 e. The molecule has 0 atom stereocenters. The zero-order chi connectivity index (χ0) is 16.3. The van der Waals surface area contributed by atoms with Crippen LogP contribution >= 0.6 is 0 Å². The van der Waals surface area contributed by atoms with E-state index in [9.17, 15) is 9.59 Å². The van der Waals surface area contributed by atoms with E-state index in [2.05, 4.69) is 10.6 Å². The molecule has 1 heterocycles. The smallest absolute Gasteiger partial charge is 0.268 e. The number of para-hydroxylation sites is 1. The number of carbonyl (C=O) groups excluding carboxylic acids is 2. The highest BCUT2D eigenvalue weighted by Crippen LogP contribution is 2.19. The summed E-state index contributed by atoms with van der Waals surface area (Å²) in [6, 6.07) is 9.43. The standard InChI is InChI=1S/C17H21N3O2/c1-11-6-5-7-12(2)16(11)19-15(21)10-18-17(22)14-9-8-13(3)20(14)4/h5-9H,10H2,1-4H3,(H,18,22)(H,19,21). The number of anilines is 1. The summed E-state index contributed by atoms with van der Waals surface area (Å²) in [5, 5.41) is 5.48. The maximum atomic E-state index is 12.1. The van der Waals surface area contributed by atoms with Crippen LogP contribution in [0.25, 0.3) is 0 Å². The number of hydrogen-bond donors (Lipinski definition) is 2. The van der Waals surface area contributed by atoms with E-state index in [1.165, 1.54) is 0 Å². The molecule has 0 saturated carbocycles. The first-order chi connectivity index (χ1) is 10.4. The van der Waals surface area contributed by atoms with Gasteiger partial charge in [-0.3, -0.25) is 9.59 Å². The molecule has 0 fully saturated rings. The van der Waals surface area contributed by atoms with E-state index in [-0.39, 0.29) is 18.4 Å². The summed E-state index contributed by atoms with van der Waals surface area (Å²) in [4.78, 5) is 24.1. The van der Waals surface area contributed by atoms with E-state index in [1.54, 1.807) is 10.6 Å². The quantitative estimate of drug-likeness (QED) is 0.910. The van der Waals surface area contributed by atoms with Crippen LogP contribution in [0.1, 0.15) is 27.3 Å². The molecule has 0 aliphatic carbocycles. The Hall–Kier alpha value is -2.56. The molecule has 22 heavy (non-hydrogen) atoms. The maximum absolute atomic E-state index is 12.1. The lowest BCUT2D eigenvalue weighted by molar-refractivity contribution is -0.115. The second-order valence-corrected chi connectivity index (χ2v) is 5.42. The third kappa shape index (κ3) is 3.36. The van der Waals surface area contributed by atoms with Crippen molar-refractivity contribution in [2.24, 2.45) is 7.05 Å². The van der Waals surface area contributed by atoms with E-state index in [1.807, 2.05) is 52.1 Å². The summed E-state index contributed by atoms with van der Waals surface area (Å²) < 4.78 is 1.79. The topological polar surface area (TPSA) is 63.1 Å². The molecular formula is C17H21N3O2. The van der Waals surface area contributed by atoms with Crippen LogP contribution in [-0.2, 0) is 11.8 Å². The van der Waals surface area contributed by atoms with Gasteiger partial charge < -0.3 is 15.2 Å². The van der Waals surface area contributed by atoms with Crippen molar-refractivity contribution >= 4 is 17.5 Å². The Labute approximate surface area is 130 Å². The van der Waals surface area contributed by atoms with Gasteiger partial charge in [-0.25, -0.2) is 0 Å². The molecule has 0 aliphatic rings. The van der Waals surface area contributed by atoms with Crippen LogP contribution in [0.3, 0.4) is 0 Å². The first-order valence-electron chi connectivity index (χ1n) is 7.16. The minimum atomic E-state index is -0.257. The van der Waals surface area contributed by atoms with Gasteiger partial charge in [0.1, 0.15) is 5.69 Å². The van der Waals surface area contributed by atoms with Crippen LogP contribution in [-0.4, -0.2) is 22.9 Å². The first-order valence-corrected chi connectivity index (χ1v) is 7.16. The Kier molecular flexibility index (Phi) is 4.65. The Morgan fingerprint density at radius 1 is 1.05 bits per heavy atom. The van der Waals surface area contributed by atoms with Gasteiger partial charge in [0.05, 0.1) is 6.54 Å². The number of hydrogen-bond acceptors (Lipinski definition) is 2. The second-order valence-electron chi connectivity index (χ2n) is 5.42. The van der Waals surface area contributed by atoms with Crippen molar-refractivity contribution in [2.45, 2.75) is 20.8 Å². The number of benzene rings is 1. The lowest BCUT2D eigenvalue weighted by Crippen LogP contribution is -2.34. The fraction of sp³-hybridized carbons (Fsp3) is 0.294. The second kappa shape index (κ2) is 6.47. The summed E-state index contributed by atoms with van der Waals surface area (Å²) in [6.45, 7) is 5.74. The number of nitrogens with zero attached hydrogens (tertiary/aromatic N) is 1. The van der Waals surface area contributed by atoms with Crippen LogP contribution in [0.4, 0.5) is 5.69 Å². The highest BCUT2D eigenvalue weighted by atomic mass is 16.2. The average Bonchev–Trinajstić information content (AvgIpc) is 2.81. The van der Waals surface area contributed by atoms with E-state index in [4.69, 9.17) is 0 Å². The summed E-state index contributed by atoms with van der Waals surface area (Å²) >= 11 is 0. The summed E-state index contributed by atoms with van der Waals surface area (Å²) in [6.07, 6.45) is 0. The average molecular weight is 299 g/mol. The van der Waals surface area contributed by atoms with Gasteiger partial charge in [-0.15, -0.1) is 0 Å². The summed E-state index contributed by atoms with van der Waals surface area (Å²) in [5.41, 5.74) is 4.33. The molecule has 2 amide bonds. The fourth-order valence-electron chi connectivity index (χ4n) is 2.29. The van der Waals surface area contributed by atoms with Gasteiger partial charge in [-0.1, -0.05) is 18.2 Å². The lowest BCUT2D eigenvalue weighted by Gasteiger charge is -2.12. The third-order valence-electron chi connectivity index (χ3n) is 3.76. The third-order valence-corrected chi connectivity index (χ3v) is 3.76. The molecular weight excluding hydrogens is 278 g/mol. The number of nitrogens with one attached hydrogen (secondary N) is 2. The van der Waals surface area contributed by atoms with Gasteiger partial charge >= 0.3 is 0 Å². The molecule has 0 unspecified atom stereocenters. The van der Waals surface area contributed by atoms with Crippen molar-refractivity contribution < 1.29 is 9.59 Å². The Bertz CT molecular complexity index is 696. The van der Waals surface area contributed by atoms with Crippen LogP contribution in [0, 0.1) is 20.8 Å². The number of aryl methyl sites for hydroxylation is 3. The van der Waals surface area contributed by atoms with Crippen molar-refractivity contribution in [3.8, 4) is 0 Å². The Morgan fingerprint density at radius 2 is 1.68 bits per heavy atom. The van der Waals surface area contributed by atoms with Crippen LogP contribution in [0.15, 0.2) is 30.3 Å². The molecule has 5 nitrogen and oxygen atoms in total. The van der Waals surface area contributed by atoms with Gasteiger partial charge in [-0.2, -0.15) is 0 Å². The molecule has 0 radical (unpaired) electrons. The van der Waals surface area contributed by atoms with Gasteiger partial charge in [0.15, 0.2) is 0 Å². The van der Waals surface area contributed by atoms with Crippen molar-refractivity contribution in [3.63, 3.8) is 0 Å². The molecule has 0 spiro atoms. The summed E-state index contributed by atoms with van der Waals surface area (Å²) in [7, 11) is 1.82. The van der Waals surface area contributed by atoms with E-state index < -0.39 is 0 Å². The fourth-order valence-corrected chi connectivity index (χ4v) is 2.29. The molecule has 0 bridgehead atoms. The van der Waals surface area contributed by atoms with Gasteiger partial charge in [0.25, 0.3) is 5.91 Å². The van der Waals surface area contributed by atoms with E-state index in [0.717, 1.165) is 22.5 Å². The largest absolute Gasteiger partial charge is 0.344 e. The minimum Gasteiger partial charge on any atom is -0.344 e. The molecule has 2 aromatic rings. The molecule has 1 aromatic carbocycles. The zero-order valence-corrected chi connectivity index (χ0v) is 13.4. The predicted octanol–water partition coefficient (Wildman–Crippen LogP) is 2.32. The zero-order valence-electron chi connectivity index (χ0n) is 13.4. The van der Waals surface area contributed by atoms with E-state index in [0.29, 0.717) is 5.69 Å². The van der Waals surface area contributed by atoms with Gasteiger partial charge in [0.2, 0.25) is 5.91 Å². The molecule has 116 valence electrons. The van der Waals surface area contributed by atoms with Crippen molar-refractivity contribution in [2.75, 3.05) is 11.9 Å². The number of carbonyl (C=O) groups is 2. The highest BCUT2D eigenvalue weighted by molar-refractivity contribution is 5.99. The minimum absolute atomic E-state index is 0.0587. The SMILES string of the molecule is Cc1cccc(C)c1NC(=O)CNC(=O)c1ccc(C)n1C. The lowest BCUT2D eigenvalue weighted by atomic mass is 10.1. The Balaban J connectivity index is 1.96. The molecule has 0 saturated heterocycles. The Morgan fingerprint density at radius 3 is 2.23 bits per heavy atom. The summed E-state index contributed by atoms with van der Waals surface area (Å²) in [5.74, 6) is -0.496. The number of aromatic nitrogens is 1. The normalized spacial score (nSPS) is 10.4. The van der Waals surface area contributed by atoms with Crippen molar-refractivity contribution in [1.82, 2.24) is 9.88 Å². The molecule has 2 N–H and O–H groups in total. The van der Waals surface area contributed by atoms with Crippen molar-refractivity contribution in [1.29, 1.82) is 0 Å². The van der Waals surface area contributed by atoms with E-state index >= 15 is 0 Å². The highest BCUT2D eigenvalue weighted by Gasteiger charge is 2.13. The number of amides is 2. The number of rotatable bonds is 4. The van der Waals surface area contributed by atoms with Crippen LogP contribution in [0.2, 0.25) is 0 Å². The first kappa shape index (κ1) is 15.8. The molecule has 1 aromatic heterocycles.